The van der Waals surface area contributed by atoms with Crippen LogP contribution in [0.5, 0.6) is 0 Å². The van der Waals surface area contributed by atoms with E-state index in [1.54, 1.807) is 0 Å². The molecule has 1 unspecified atom stereocenters. The van der Waals surface area contributed by atoms with E-state index in [-0.39, 0.29) is 17.4 Å². The molecule has 0 saturated heterocycles. The van der Waals surface area contributed by atoms with Crippen LogP contribution >= 0.6 is 0 Å². The summed E-state index contributed by atoms with van der Waals surface area (Å²) in [7, 11) is 1.46. The summed E-state index contributed by atoms with van der Waals surface area (Å²) in [6.07, 6.45) is 0. The van der Waals surface area contributed by atoms with Crippen molar-refractivity contribution in [1.82, 2.24) is 4.90 Å². The molecule has 0 aliphatic rings. The number of esters is 1. The van der Waals surface area contributed by atoms with Gasteiger partial charge in [0.05, 0.1) is 7.11 Å². The van der Waals surface area contributed by atoms with Crippen LogP contribution in [-0.4, -0.2) is 30.6 Å². The first-order chi connectivity index (χ1) is 8.90. The van der Waals surface area contributed by atoms with Gasteiger partial charge in [0, 0.05) is 6.54 Å². The molecule has 0 amide bonds. The third kappa shape index (κ3) is 4.35. The fourth-order valence-corrected chi connectivity index (χ4v) is 2.37. The van der Waals surface area contributed by atoms with Crippen molar-refractivity contribution in [2.75, 3.05) is 13.7 Å². The minimum Gasteiger partial charge on any atom is -0.468 e. The first-order valence-electron chi connectivity index (χ1n) is 6.76. The first-order valence-corrected chi connectivity index (χ1v) is 6.76. The summed E-state index contributed by atoms with van der Waals surface area (Å²) in [5, 5.41) is 0. The van der Waals surface area contributed by atoms with Gasteiger partial charge >= 0.3 is 5.97 Å². The van der Waals surface area contributed by atoms with Gasteiger partial charge in [-0.25, -0.2) is 0 Å². The van der Waals surface area contributed by atoms with E-state index in [1.165, 1.54) is 12.7 Å². The van der Waals surface area contributed by atoms with Crippen LogP contribution in [0.4, 0.5) is 0 Å². The Hall–Kier alpha value is -1.35. The van der Waals surface area contributed by atoms with Gasteiger partial charge in [-0.05, 0) is 17.5 Å². The smallest absolute Gasteiger partial charge is 0.323 e. The summed E-state index contributed by atoms with van der Waals surface area (Å²) in [6.45, 7) is 9.86. The van der Waals surface area contributed by atoms with Gasteiger partial charge in [-0.2, -0.15) is 0 Å². The highest BCUT2D eigenvalue weighted by Crippen LogP contribution is 2.26. The van der Waals surface area contributed by atoms with Crippen molar-refractivity contribution in [3.8, 4) is 0 Å². The van der Waals surface area contributed by atoms with Crippen LogP contribution in [-0.2, 0) is 16.1 Å². The standard InChI is InChI=1S/C16H25NO2/c1-6-17(12-13-10-8-7-9-11-13)14(15(18)19-5)16(2,3)4/h7-11,14H,6,12H2,1-5H3. The molecule has 1 aromatic carbocycles. The highest BCUT2D eigenvalue weighted by atomic mass is 16.5. The molecule has 0 spiro atoms. The Bertz CT molecular complexity index is 395. The summed E-state index contributed by atoms with van der Waals surface area (Å²) >= 11 is 0. The Morgan fingerprint density at radius 1 is 1.26 bits per heavy atom. The molecule has 1 aromatic rings. The molecule has 106 valence electrons. The van der Waals surface area contributed by atoms with E-state index < -0.39 is 0 Å². The maximum Gasteiger partial charge on any atom is 0.323 e. The molecule has 0 aliphatic carbocycles. The summed E-state index contributed by atoms with van der Waals surface area (Å²) in [4.78, 5) is 14.3. The summed E-state index contributed by atoms with van der Waals surface area (Å²) < 4.78 is 4.98. The number of carbonyl (C=O) groups excluding carboxylic acids is 1. The number of likely N-dealkylation sites (N-methyl/N-ethyl adjacent to an activating group) is 1. The van der Waals surface area contributed by atoms with Crippen LogP contribution < -0.4 is 0 Å². The number of carbonyl (C=O) groups is 1. The zero-order valence-electron chi connectivity index (χ0n) is 12.6. The Balaban J connectivity index is 2.94. The van der Waals surface area contributed by atoms with E-state index in [9.17, 15) is 4.79 Å². The normalized spacial score (nSPS) is 13.4. The fraction of sp³-hybridized carbons (Fsp3) is 0.562. The van der Waals surface area contributed by atoms with E-state index in [2.05, 4.69) is 44.7 Å². The van der Waals surface area contributed by atoms with Crippen LogP contribution in [0.25, 0.3) is 0 Å². The second-order valence-electron chi connectivity index (χ2n) is 5.84. The molecular weight excluding hydrogens is 238 g/mol. The van der Waals surface area contributed by atoms with Crippen molar-refractivity contribution in [2.24, 2.45) is 5.41 Å². The minimum absolute atomic E-state index is 0.155. The zero-order valence-corrected chi connectivity index (χ0v) is 12.6. The van der Waals surface area contributed by atoms with Gasteiger partial charge in [-0.1, -0.05) is 58.0 Å². The molecule has 19 heavy (non-hydrogen) atoms. The summed E-state index contributed by atoms with van der Waals surface area (Å²) in [6, 6.07) is 9.98. The quantitative estimate of drug-likeness (QED) is 0.765. The Labute approximate surface area is 116 Å². The number of hydrogen-bond donors (Lipinski definition) is 0. The topological polar surface area (TPSA) is 29.5 Å². The van der Waals surface area contributed by atoms with Crippen LogP contribution in [0.2, 0.25) is 0 Å². The molecule has 0 saturated carbocycles. The molecule has 1 atom stereocenters. The second kappa shape index (κ2) is 6.71. The van der Waals surface area contributed by atoms with Gasteiger partial charge in [0.1, 0.15) is 6.04 Å². The number of nitrogens with zero attached hydrogens (tertiary/aromatic N) is 1. The van der Waals surface area contributed by atoms with Crippen molar-refractivity contribution in [1.29, 1.82) is 0 Å². The SMILES string of the molecule is CCN(Cc1ccccc1)C(C(=O)OC)C(C)(C)C. The molecule has 0 aliphatic heterocycles. The zero-order chi connectivity index (χ0) is 14.5. The van der Waals surface area contributed by atoms with Gasteiger partial charge < -0.3 is 4.74 Å². The van der Waals surface area contributed by atoms with Crippen molar-refractivity contribution in [2.45, 2.75) is 40.3 Å². The average Bonchev–Trinajstić information content (AvgIpc) is 2.37. The predicted octanol–water partition coefficient (Wildman–Crippen LogP) is 3.10. The molecule has 1 rings (SSSR count). The summed E-state index contributed by atoms with van der Waals surface area (Å²) in [5.41, 5.74) is 1.06. The largest absolute Gasteiger partial charge is 0.468 e. The number of ether oxygens (including phenoxy) is 1. The number of methoxy groups -OCH3 is 1. The molecule has 0 N–H and O–H groups in total. The second-order valence-corrected chi connectivity index (χ2v) is 5.84. The van der Waals surface area contributed by atoms with E-state index in [4.69, 9.17) is 4.74 Å². The van der Waals surface area contributed by atoms with E-state index in [0.717, 1.165) is 13.1 Å². The molecule has 0 bridgehead atoms. The fourth-order valence-electron chi connectivity index (χ4n) is 2.37. The molecule has 0 fully saturated rings. The Morgan fingerprint density at radius 3 is 2.26 bits per heavy atom. The molecule has 3 heteroatoms. The molecule has 0 radical (unpaired) electrons. The highest BCUT2D eigenvalue weighted by Gasteiger charge is 2.36. The van der Waals surface area contributed by atoms with Crippen molar-refractivity contribution in [3.63, 3.8) is 0 Å². The van der Waals surface area contributed by atoms with Gasteiger partial charge in [0.25, 0.3) is 0 Å². The first kappa shape index (κ1) is 15.7. The maximum atomic E-state index is 12.1. The third-order valence-corrected chi connectivity index (χ3v) is 3.24. The van der Waals surface area contributed by atoms with Crippen LogP contribution in [0.1, 0.15) is 33.3 Å². The Morgan fingerprint density at radius 2 is 1.84 bits per heavy atom. The van der Waals surface area contributed by atoms with Gasteiger partial charge in [-0.3, -0.25) is 9.69 Å². The van der Waals surface area contributed by atoms with Crippen molar-refractivity contribution >= 4 is 5.97 Å². The molecular formula is C16H25NO2. The molecule has 0 aromatic heterocycles. The lowest BCUT2D eigenvalue weighted by atomic mass is 9.85. The molecule has 0 heterocycles. The number of hydrogen-bond acceptors (Lipinski definition) is 3. The maximum absolute atomic E-state index is 12.1. The van der Waals surface area contributed by atoms with Gasteiger partial charge in [-0.15, -0.1) is 0 Å². The summed E-state index contributed by atoms with van der Waals surface area (Å²) in [5.74, 6) is -0.162. The van der Waals surface area contributed by atoms with E-state index >= 15 is 0 Å². The highest BCUT2D eigenvalue weighted by molar-refractivity contribution is 5.76. The Kier molecular flexibility index (Phi) is 5.55. The third-order valence-electron chi connectivity index (χ3n) is 3.24. The van der Waals surface area contributed by atoms with E-state index in [1.807, 2.05) is 18.2 Å². The lowest BCUT2D eigenvalue weighted by Crippen LogP contribution is -2.49. The minimum atomic E-state index is -0.234. The van der Waals surface area contributed by atoms with Crippen LogP contribution in [0.15, 0.2) is 30.3 Å². The van der Waals surface area contributed by atoms with Gasteiger partial charge in [0.2, 0.25) is 0 Å². The molecule has 3 nitrogen and oxygen atoms in total. The number of rotatable bonds is 5. The van der Waals surface area contributed by atoms with E-state index in [0.29, 0.717) is 0 Å². The van der Waals surface area contributed by atoms with Crippen LogP contribution in [0, 0.1) is 5.41 Å². The lowest BCUT2D eigenvalue weighted by molar-refractivity contribution is -0.151. The average molecular weight is 263 g/mol. The number of benzene rings is 1. The van der Waals surface area contributed by atoms with Crippen molar-refractivity contribution in [3.05, 3.63) is 35.9 Å². The van der Waals surface area contributed by atoms with Crippen LogP contribution in [0.3, 0.4) is 0 Å². The lowest BCUT2D eigenvalue weighted by Gasteiger charge is -2.37. The monoisotopic (exact) mass is 263 g/mol. The van der Waals surface area contributed by atoms with Gasteiger partial charge in [0.15, 0.2) is 0 Å². The predicted molar refractivity (Wildman–Crippen MR) is 77.8 cm³/mol. The van der Waals surface area contributed by atoms with Crippen molar-refractivity contribution < 1.29 is 9.53 Å².